The number of fused-ring (bicyclic) bond motifs is 1. The molecule has 0 bridgehead atoms. The van der Waals surface area contributed by atoms with Gasteiger partial charge in [0.2, 0.25) is 11.8 Å². The maximum Gasteiger partial charge on any atom is 0.255 e. The van der Waals surface area contributed by atoms with Crippen molar-refractivity contribution in [2.75, 3.05) is 19.6 Å². The van der Waals surface area contributed by atoms with E-state index in [2.05, 4.69) is 28.5 Å². The minimum Gasteiger partial charge on any atom is -0.322 e. The number of nitrogens with zero attached hydrogens (tertiary/aromatic N) is 2. The summed E-state index contributed by atoms with van der Waals surface area (Å²) in [5.41, 5.74) is 3.33. The Kier molecular flexibility index (Phi) is 4.07. The highest BCUT2D eigenvalue weighted by Crippen LogP contribution is 2.41. The molecule has 4 aliphatic rings. The van der Waals surface area contributed by atoms with E-state index in [0.717, 1.165) is 31.7 Å². The van der Waals surface area contributed by atoms with Crippen LogP contribution in [0.3, 0.4) is 0 Å². The second kappa shape index (κ2) is 6.39. The Morgan fingerprint density at radius 3 is 2.71 bits per heavy atom. The van der Waals surface area contributed by atoms with Crippen molar-refractivity contribution in [1.82, 2.24) is 20.4 Å². The molecular formula is C21H26N4O3. The Bertz CT molecular complexity index is 863. The molecule has 3 fully saturated rings. The molecule has 4 aliphatic heterocycles. The van der Waals surface area contributed by atoms with E-state index >= 15 is 0 Å². The zero-order valence-electron chi connectivity index (χ0n) is 16.2. The maximum atomic E-state index is 13.0. The molecule has 2 atom stereocenters. The van der Waals surface area contributed by atoms with Crippen molar-refractivity contribution >= 4 is 17.7 Å². The summed E-state index contributed by atoms with van der Waals surface area (Å²) in [7, 11) is 0. The van der Waals surface area contributed by atoms with Gasteiger partial charge in [0.1, 0.15) is 6.04 Å². The highest BCUT2D eigenvalue weighted by atomic mass is 16.2. The van der Waals surface area contributed by atoms with Gasteiger partial charge in [0.25, 0.3) is 5.91 Å². The third-order valence-corrected chi connectivity index (χ3v) is 7.34. The molecule has 2 N–H and O–H groups in total. The fourth-order valence-electron chi connectivity index (χ4n) is 5.31. The van der Waals surface area contributed by atoms with Crippen molar-refractivity contribution < 1.29 is 14.4 Å². The smallest absolute Gasteiger partial charge is 0.255 e. The number of rotatable bonds is 3. The minimum atomic E-state index is -0.555. The molecule has 1 spiro atoms. The average molecular weight is 382 g/mol. The molecule has 5 rings (SSSR count). The summed E-state index contributed by atoms with van der Waals surface area (Å²) in [6, 6.07) is 5.88. The van der Waals surface area contributed by atoms with Crippen LogP contribution in [0.1, 0.15) is 47.7 Å². The van der Waals surface area contributed by atoms with E-state index in [1.54, 1.807) is 4.90 Å². The highest BCUT2D eigenvalue weighted by Gasteiger charge is 2.49. The fraction of sp³-hybridized carbons (Fsp3) is 0.571. The van der Waals surface area contributed by atoms with E-state index in [4.69, 9.17) is 0 Å². The zero-order valence-corrected chi connectivity index (χ0v) is 16.2. The first-order chi connectivity index (χ1) is 13.5. The van der Waals surface area contributed by atoms with Crippen molar-refractivity contribution in [2.24, 2.45) is 5.41 Å². The van der Waals surface area contributed by atoms with Crippen LogP contribution in [0.2, 0.25) is 0 Å². The van der Waals surface area contributed by atoms with Gasteiger partial charge in [-0.1, -0.05) is 12.1 Å². The predicted octanol–water partition coefficient (Wildman–Crippen LogP) is 0.631. The van der Waals surface area contributed by atoms with Crippen LogP contribution in [0.4, 0.5) is 0 Å². The van der Waals surface area contributed by atoms with Gasteiger partial charge in [0.05, 0.1) is 0 Å². The summed E-state index contributed by atoms with van der Waals surface area (Å²) in [4.78, 5) is 40.9. The molecule has 3 saturated heterocycles. The number of piperidine rings is 1. The lowest BCUT2D eigenvalue weighted by atomic mass is 9.75. The SMILES string of the molecule is CC1N(Cc2cccc3c2CN(C2CCC(=O)NC2=O)C3=O)CCC12CNC2. The normalized spacial score (nSPS) is 29.2. The molecule has 7 heteroatoms. The molecule has 7 nitrogen and oxygen atoms in total. The number of carbonyl (C=O) groups excluding carboxylic acids is 3. The van der Waals surface area contributed by atoms with Crippen LogP contribution in [-0.4, -0.2) is 59.2 Å². The Hall–Kier alpha value is -2.25. The summed E-state index contributed by atoms with van der Waals surface area (Å²) >= 11 is 0. The molecule has 0 saturated carbocycles. The number of likely N-dealkylation sites (tertiary alicyclic amines) is 1. The fourth-order valence-corrected chi connectivity index (χ4v) is 5.31. The van der Waals surface area contributed by atoms with Gasteiger partial charge in [0.15, 0.2) is 0 Å². The van der Waals surface area contributed by atoms with Gasteiger partial charge in [-0.2, -0.15) is 0 Å². The molecule has 4 heterocycles. The van der Waals surface area contributed by atoms with Gasteiger partial charge < -0.3 is 10.2 Å². The number of benzene rings is 1. The molecule has 3 amide bonds. The van der Waals surface area contributed by atoms with E-state index in [1.165, 1.54) is 12.0 Å². The van der Waals surface area contributed by atoms with E-state index in [-0.39, 0.29) is 24.1 Å². The number of imide groups is 1. The van der Waals surface area contributed by atoms with Crippen molar-refractivity contribution in [3.63, 3.8) is 0 Å². The zero-order chi connectivity index (χ0) is 19.5. The molecule has 2 unspecified atom stereocenters. The van der Waals surface area contributed by atoms with Crippen LogP contribution < -0.4 is 10.6 Å². The summed E-state index contributed by atoms with van der Waals surface area (Å²) in [6.45, 7) is 6.88. The monoisotopic (exact) mass is 382 g/mol. The predicted molar refractivity (Wildman–Crippen MR) is 102 cm³/mol. The summed E-state index contributed by atoms with van der Waals surface area (Å²) < 4.78 is 0. The second-order valence-electron chi connectivity index (χ2n) is 8.71. The first-order valence-electron chi connectivity index (χ1n) is 10.2. The van der Waals surface area contributed by atoms with Gasteiger partial charge in [-0.25, -0.2) is 0 Å². The number of hydrogen-bond acceptors (Lipinski definition) is 5. The summed E-state index contributed by atoms with van der Waals surface area (Å²) in [5, 5.41) is 5.78. The lowest BCUT2D eigenvalue weighted by molar-refractivity contribution is -0.136. The van der Waals surface area contributed by atoms with Crippen molar-refractivity contribution in [3.8, 4) is 0 Å². The second-order valence-corrected chi connectivity index (χ2v) is 8.71. The quantitative estimate of drug-likeness (QED) is 0.750. The third kappa shape index (κ3) is 2.60. The van der Waals surface area contributed by atoms with E-state index in [1.807, 2.05) is 12.1 Å². The number of amides is 3. The Morgan fingerprint density at radius 2 is 2.04 bits per heavy atom. The van der Waals surface area contributed by atoms with Crippen LogP contribution in [0.5, 0.6) is 0 Å². The Balaban J connectivity index is 1.37. The van der Waals surface area contributed by atoms with Crippen molar-refractivity contribution in [3.05, 3.63) is 34.9 Å². The van der Waals surface area contributed by atoms with Crippen molar-refractivity contribution in [2.45, 2.75) is 51.4 Å². The van der Waals surface area contributed by atoms with Crippen LogP contribution in [-0.2, 0) is 22.7 Å². The molecule has 148 valence electrons. The van der Waals surface area contributed by atoms with E-state index < -0.39 is 6.04 Å². The van der Waals surface area contributed by atoms with E-state index in [0.29, 0.717) is 30.0 Å². The van der Waals surface area contributed by atoms with Crippen molar-refractivity contribution in [1.29, 1.82) is 0 Å². The van der Waals surface area contributed by atoms with Gasteiger partial charge in [-0.3, -0.25) is 24.6 Å². The van der Waals surface area contributed by atoms with Crippen LogP contribution >= 0.6 is 0 Å². The van der Waals surface area contributed by atoms with Gasteiger partial charge in [0, 0.05) is 49.6 Å². The van der Waals surface area contributed by atoms with Crippen LogP contribution in [0.25, 0.3) is 0 Å². The van der Waals surface area contributed by atoms with Gasteiger partial charge in [-0.05, 0) is 43.5 Å². The first kappa shape index (κ1) is 17.8. The Labute approximate surface area is 164 Å². The topological polar surface area (TPSA) is 81.8 Å². The van der Waals surface area contributed by atoms with Gasteiger partial charge >= 0.3 is 0 Å². The van der Waals surface area contributed by atoms with Crippen LogP contribution in [0, 0.1) is 5.41 Å². The first-order valence-corrected chi connectivity index (χ1v) is 10.2. The molecule has 0 radical (unpaired) electrons. The summed E-state index contributed by atoms with van der Waals surface area (Å²) in [6.07, 6.45) is 1.90. The standard InChI is InChI=1S/C21H26N4O3/c1-13-21(11-22-12-21)7-8-24(13)9-14-3-2-4-15-16(14)10-25(20(15)28)17-5-6-18(26)23-19(17)27/h2-4,13,17,22H,5-12H2,1H3,(H,23,26,27). The number of hydrogen-bond donors (Lipinski definition) is 2. The minimum absolute atomic E-state index is 0.0968. The summed E-state index contributed by atoms with van der Waals surface area (Å²) in [5.74, 6) is -0.708. The molecule has 0 aliphatic carbocycles. The molecular weight excluding hydrogens is 356 g/mol. The average Bonchev–Trinajstić information content (AvgIpc) is 3.14. The lowest BCUT2D eigenvalue weighted by Crippen LogP contribution is -2.58. The van der Waals surface area contributed by atoms with Crippen LogP contribution in [0.15, 0.2) is 18.2 Å². The van der Waals surface area contributed by atoms with Gasteiger partial charge in [-0.15, -0.1) is 0 Å². The maximum absolute atomic E-state index is 13.0. The number of nitrogens with one attached hydrogen (secondary N) is 2. The highest BCUT2D eigenvalue weighted by molar-refractivity contribution is 6.05. The Morgan fingerprint density at radius 1 is 1.21 bits per heavy atom. The largest absolute Gasteiger partial charge is 0.322 e. The molecule has 0 aromatic heterocycles. The molecule has 28 heavy (non-hydrogen) atoms. The number of carbonyl (C=O) groups is 3. The van der Waals surface area contributed by atoms with E-state index in [9.17, 15) is 14.4 Å². The third-order valence-electron chi connectivity index (χ3n) is 7.34. The molecule has 1 aromatic rings. The lowest BCUT2D eigenvalue weighted by Gasteiger charge is -2.44. The molecule has 1 aromatic carbocycles.